The van der Waals surface area contributed by atoms with E-state index in [-0.39, 0.29) is 5.91 Å². The highest BCUT2D eigenvalue weighted by molar-refractivity contribution is 5.95. The van der Waals surface area contributed by atoms with E-state index < -0.39 is 0 Å². The Hall–Kier alpha value is -2.86. The second kappa shape index (κ2) is 8.88. The van der Waals surface area contributed by atoms with Crippen molar-refractivity contribution in [1.29, 1.82) is 0 Å². The third kappa shape index (κ3) is 4.05. The lowest BCUT2D eigenvalue weighted by atomic mass is 10.1. The van der Waals surface area contributed by atoms with E-state index in [4.69, 9.17) is 9.84 Å². The molecule has 1 aliphatic heterocycles. The minimum absolute atomic E-state index is 0.108. The zero-order valence-corrected chi connectivity index (χ0v) is 18.1. The summed E-state index contributed by atoms with van der Waals surface area (Å²) >= 11 is 0. The van der Waals surface area contributed by atoms with Crippen molar-refractivity contribution >= 4 is 5.91 Å². The van der Waals surface area contributed by atoms with E-state index >= 15 is 0 Å². The largest absolute Gasteiger partial charge is 0.385 e. The molecule has 0 fully saturated rings. The van der Waals surface area contributed by atoms with Crippen molar-refractivity contribution in [1.82, 2.24) is 19.2 Å². The van der Waals surface area contributed by atoms with Crippen molar-refractivity contribution in [2.45, 2.75) is 46.3 Å². The standard InChI is InChI=1S/C24H30N4O2/c1-18-15-22(19(2)27(18)12-8-14-30-3)24(29)26-11-7-13-28-21(17-26)16-23(25-28)20-9-5-4-6-10-20/h4-6,9-10,15-16H,7-8,11-14,17H2,1-3H3. The SMILES string of the molecule is COCCCn1c(C)cc(C(=O)N2CCCn3nc(-c4ccccc4)cc3C2)c1C. The van der Waals surface area contributed by atoms with Gasteiger partial charge in [0.25, 0.3) is 5.91 Å². The summed E-state index contributed by atoms with van der Waals surface area (Å²) in [6, 6.07) is 14.4. The third-order valence-electron chi connectivity index (χ3n) is 5.91. The number of aromatic nitrogens is 3. The van der Waals surface area contributed by atoms with Crippen molar-refractivity contribution in [2.24, 2.45) is 0 Å². The zero-order chi connectivity index (χ0) is 21.1. The molecule has 0 spiro atoms. The summed E-state index contributed by atoms with van der Waals surface area (Å²) in [6.45, 7) is 7.87. The molecule has 0 unspecified atom stereocenters. The minimum Gasteiger partial charge on any atom is -0.385 e. The van der Waals surface area contributed by atoms with E-state index in [9.17, 15) is 4.79 Å². The number of methoxy groups -OCH3 is 1. The quantitative estimate of drug-likeness (QED) is 0.580. The van der Waals surface area contributed by atoms with Gasteiger partial charge in [-0.15, -0.1) is 0 Å². The lowest BCUT2D eigenvalue weighted by Crippen LogP contribution is -2.31. The Bertz CT molecular complexity index is 1020. The summed E-state index contributed by atoms with van der Waals surface area (Å²) in [5.74, 6) is 0.108. The topological polar surface area (TPSA) is 52.3 Å². The van der Waals surface area contributed by atoms with E-state index in [0.29, 0.717) is 6.54 Å². The van der Waals surface area contributed by atoms with E-state index in [0.717, 1.165) is 73.0 Å². The van der Waals surface area contributed by atoms with E-state index in [1.807, 2.05) is 36.1 Å². The molecule has 2 aromatic heterocycles. The molecule has 30 heavy (non-hydrogen) atoms. The average Bonchev–Trinajstić information content (AvgIpc) is 3.21. The van der Waals surface area contributed by atoms with Gasteiger partial charge in [0.1, 0.15) is 0 Å². The van der Waals surface area contributed by atoms with Crippen LogP contribution in [0.3, 0.4) is 0 Å². The number of amides is 1. The Labute approximate surface area is 178 Å². The molecular weight excluding hydrogens is 376 g/mol. The van der Waals surface area contributed by atoms with Crippen LogP contribution in [0.5, 0.6) is 0 Å². The van der Waals surface area contributed by atoms with Gasteiger partial charge in [0.2, 0.25) is 0 Å². The number of hydrogen-bond acceptors (Lipinski definition) is 3. The maximum Gasteiger partial charge on any atom is 0.256 e. The molecule has 3 aromatic rings. The normalized spacial score (nSPS) is 13.9. The van der Waals surface area contributed by atoms with Gasteiger partial charge in [-0.25, -0.2) is 0 Å². The molecule has 4 rings (SSSR count). The average molecular weight is 407 g/mol. The van der Waals surface area contributed by atoms with Crippen LogP contribution in [-0.4, -0.2) is 45.4 Å². The van der Waals surface area contributed by atoms with Gasteiger partial charge in [-0.05, 0) is 38.8 Å². The predicted molar refractivity (Wildman–Crippen MR) is 117 cm³/mol. The summed E-state index contributed by atoms with van der Waals surface area (Å²) in [7, 11) is 1.72. The first kappa shape index (κ1) is 20.4. The summed E-state index contributed by atoms with van der Waals surface area (Å²) in [4.78, 5) is 15.4. The lowest BCUT2D eigenvalue weighted by Gasteiger charge is -2.20. The molecule has 0 saturated carbocycles. The van der Waals surface area contributed by atoms with E-state index in [1.165, 1.54) is 0 Å². The first-order valence-corrected chi connectivity index (χ1v) is 10.7. The van der Waals surface area contributed by atoms with Gasteiger partial charge in [0.05, 0.1) is 23.5 Å². The summed E-state index contributed by atoms with van der Waals surface area (Å²) < 4.78 is 9.46. The number of hydrogen-bond donors (Lipinski definition) is 0. The molecule has 0 radical (unpaired) electrons. The van der Waals surface area contributed by atoms with Crippen LogP contribution in [0.25, 0.3) is 11.3 Å². The van der Waals surface area contributed by atoms with Gasteiger partial charge in [0.15, 0.2) is 0 Å². The Morgan fingerprint density at radius 1 is 1.13 bits per heavy atom. The van der Waals surface area contributed by atoms with Crippen LogP contribution >= 0.6 is 0 Å². The van der Waals surface area contributed by atoms with Crippen LogP contribution in [0.2, 0.25) is 0 Å². The Kier molecular flexibility index (Phi) is 6.04. The minimum atomic E-state index is 0.108. The molecule has 0 aliphatic carbocycles. The maximum absolute atomic E-state index is 13.4. The molecule has 6 nitrogen and oxygen atoms in total. The smallest absolute Gasteiger partial charge is 0.256 e. The highest BCUT2D eigenvalue weighted by atomic mass is 16.5. The number of rotatable bonds is 6. The highest BCUT2D eigenvalue weighted by Gasteiger charge is 2.25. The fourth-order valence-electron chi connectivity index (χ4n) is 4.28. The molecule has 1 amide bonds. The lowest BCUT2D eigenvalue weighted by molar-refractivity contribution is 0.0745. The van der Waals surface area contributed by atoms with E-state index in [1.54, 1.807) is 7.11 Å². The number of benzene rings is 1. The molecule has 0 bridgehead atoms. The fourth-order valence-corrected chi connectivity index (χ4v) is 4.28. The molecule has 3 heterocycles. The van der Waals surface area contributed by atoms with Crippen molar-refractivity contribution in [3.63, 3.8) is 0 Å². The first-order valence-electron chi connectivity index (χ1n) is 10.7. The number of fused-ring (bicyclic) bond motifs is 1. The Morgan fingerprint density at radius 2 is 1.93 bits per heavy atom. The Morgan fingerprint density at radius 3 is 2.70 bits per heavy atom. The maximum atomic E-state index is 13.4. The summed E-state index contributed by atoms with van der Waals surface area (Å²) in [6.07, 6.45) is 1.84. The van der Waals surface area contributed by atoms with Gasteiger partial charge >= 0.3 is 0 Å². The van der Waals surface area contributed by atoms with Crippen LogP contribution < -0.4 is 0 Å². The van der Waals surface area contributed by atoms with Crippen molar-refractivity contribution < 1.29 is 9.53 Å². The molecule has 0 N–H and O–H groups in total. The Balaban J connectivity index is 1.55. The van der Waals surface area contributed by atoms with Crippen LogP contribution in [0.15, 0.2) is 42.5 Å². The number of aryl methyl sites for hydroxylation is 2. The van der Waals surface area contributed by atoms with Crippen LogP contribution in [0.4, 0.5) is 0 Å². The number of ether oxygens (including phenoxy) is 1. The molecule has 1 aromatic carbocycles. The molecule has 6 heteroatoms. The third-order valence-corrected chi connectivity index (χ3v) is 5.91. The van der Waals surface area contributed by atoms with Gasteiger partial charge in [-0.2, -0.15) is 5.10 Å². The van der Waals surface area contributed by atoms with Crippen LogP contribution in [0.1, 0.15) is 40.3 Å². The first-order chi connectivity index (χ1) is 14.6. The van der Waals surface area contributed by atoms with Crippen molar-refractivity contribution in [3.05, 3.63) is 65.1 Å². The second-order valence-electron chi connectivity index (χ2n) is 7.97. The van der Waals surface area contributed by atoms with Gasteiger partial charge in [-0.3, -0.25) is 9.48 Å². The predicted octanol–water partition coefficient (Wildman–Crippen LogP) is 4.05. The summed E-state index contributed by atoms with van der Waals surface area (Å²) in [5, 5.41) is 4.79. The number of nitrogens with zero attached hydrogens (tertiary/aromatic N) is 4. The zero-order valence-electron chi connectivity index (χ0n) is 18.1. The number of carbonyl (C=O) groups excluding carboxylic acids is 1. The van der Waals surface area contributed by atoms with Gasteiger partial charge in [0, 0.05) is 50.3 Å². The summed E-state index contributed by atoms with van der Waals surface area (Å²) in [5.41, 5.74) is 6.14. The molecule has 0 saturated heterocycles. The molecule has 0 atom stereocenters. The van der Waals surface area contributed by atoms with Crippen molar-refractivity contribution in [2.75, 3.05) is 20.3 Å². The molecule has 158 valence electrons. The molecular formula is C24H30N4O2. The number of carbonyl (C=O) groups is 1. The highest BCUT2D eigenvalue weighted by Crippen LogP contribution is 2.24. The van der Waals surface area contributed by atoms with Crippen LogP contribution in [-0.2, 0) is 24.4 Å². The van der Waals surface area contributed by atoms with Gasteiger partial charge in [-0.1, -0.05) is 30.3 Å². The van der Waals surface area contributed by atoms with Gasteiger partial charge < -0.3 is 14.2 Å². The second-order valence-corrected chi connectivity index (χ2v) is 7.97. The monoisotopic (exact) mass is 406 g/mol. The van der Waals surface area contributed by atoms with E-state index in [2.05, 4.69) is 34.4 Å². The molecule has 1 aliphatic rings. The van der Waals surface area contributed by atoms with Crippen LogP contribution in [0, 0.1) is 13.8 Å². The van der Waals surface area contributed by atoms with Crippen molar-refractivity contribution in [3.8, 4) is 11.3 Å². The fraction of sp³-hybridized carbons (Fsp3) is 0.417.